The minimum absolute atomic E-state index is 0. The first-order valence-electron chi connectivity index (χ1n) is 15.9. The first-order valence-corrected chi connectivity index (χ1v) is 21.7. The van der Waals surface area contributed by atoms with Crippen LogP contribution in [0.15, 0.2) is 107 Å². The Hall–Kier alpha value is -3.31. The standard InChI is InChI=1S/C23H18NO.C15H18GeN.Ir/c1-14(2)21-17-9-3-5-12-19(17)24-22(21)18-11-7-10-16-15-8-4-6-13-20(15)25-23(16)18;1-12-5-7-13(8-6-12)15-10-9-14(11-17-15)16(2,3)4;/h3-10,12-14,21H,1-2H3;5-7,9-11H,1-4H3;/q2*-1;/i;1D3;. The molecule has 1 unspecified atom stereocenters. The molecule has 0 spiro atoms. The third-order valence-electron chi connectivity index (χ3n) is 7.79. The van der Waals surface area contributed by atoms with Crippen molar-refractivity contribution >= 4 is 51.0 Å². The fraction of sp³-hybridized carbons (Fsp3) is 0.211. The van der Waals surface area contributed by atoms with Crippen molar-refractivity contribution in [2.75, 3.05) is 0 Å². The van der Waals surface area contributed by atoms with E-state index in [2.05, 4.69) is 84.6 Å². The van der Waals surface area contributed by atoms with Crippen molar-refractivity contribution in [3.8, 4) is 11.3 Å². The SMILES string of the molecule is CC(C)C1C(c2[c-]ccc3c2oc2ccccc23)=Nc2ccccc21.[2H]C([2H])([2H])c1c[c-]c(-c2cc[c]([Ge]([CH3])([CH3])[CH3])cn2)cc1.[Ir]. The maximum atomic E-state index is 7.35. The van der Waals surface area contributed by atoms with Crippen LogP contribution in [0.25, 0.3) is 33.2 Å². The van der Waals surface area contributed by atoms with E-state index in [0.29, 0.717) is 11.5 Å². The summed E-state index contributed by atoms with van der Waals surface area (Å²) < 4.78 is 29.6. The van der Waals surface area contributed by atoms with Crippen LogP contribution in [0.5, 0.6) is 0 Å². The van der Waals surface area contributed by atoms with Crippen LogP contribution in [0.1, 0.15) is 40.6 Å². The molecule has 1 radical (unpaired) electrons. The molecule has 219 valence electrons. The number of hydrogen-bond acceptors (Lipinski definition) is 3. The molecule has 1 atom stereocenters. The molecule has 5 heteroatoms. The summed E-state index contributed by atoms with van der Waals surface area (Å²) in [7, 11) is 0. The molecule has 0 N–H and O–H groups in total. The van der Waals surface area contributed by atoms with Gasteiger partial charge in [-0.05, 0) is 35.2 Å². The Kier molecular flexibility index (Phi) is 8.07. The monoisotopic (exact) mass is 806 g/mol. The minimum Gasteiger partial charge on any atom is 0 e. The molecule has 43 heavy (non-hydrogen) atoms. The molecule has 0 aliphatic carbocycles. The van der Waals surface area contributed by atoms with Crippen molar-refractivity contribution in [2.45, 2.75) is 43.9 Å². The molecule has 0 saturated heterocycles. The van der Waals surface area contributed by atoms with Gasteiger partial charge in [0, 0.05) is 25.5 Å². The van der Waals surface area contributed by atoms with Crippen LogP contribution in [0.4, 0.5) is 5.69 Å². The van der Waals surface area contributed by atoms with Crippen molar-refractivity contribution in [1.82, 2.24) is 4.98 Å². The Morgan fingerprint density at radius 1 is 0.884 bits per heavy atom. The molecule has 4 aromatic carbocycles. The molecule has 2 aromatic heterocycles. The van der Waals surface area contributed by atoms with E-state index >= 15 is 0 Å². The summed E-state index contributed by atoms with van der Waals surface area (Å²) in [6.07, 6.45) is 1.95. The summed E-state index contributed by atoms with van der Waals surface area (Å²) in [4.78, 5) is 9.45. The third kappa shape index (κ3) is 6.33. The Labute approximate surface area is 275 Å². The van der Waals surface area contributed by atoms with Gasteiger partial charge in [0.2, 0.25) is 0 Å². The molecular weight excluding hydrogens is 765 g/mol. The number of para-hydroxylation sites is 2. The van der Waals surface area contributed by atoms with Gasteiger partial charge in [0.15, 0.2) is 0 Å². The maximum absolute atomic E-state index is 7.35. The fourth-order valence-electron chi connectivity index (χ4n) is 5.55. The van der Waals surface area contributed by atoms with Gasteiger partial charge in [-0.2, -0.15) is 0 Å². The van der Waals surface area contributed by atoms with Gasteiger partial charge in [0.05, 0.1) is 11.3 Å². The molecule has 0 bridgehead atoms. The number of pyridine rings is 1. The number of nitrogens with zero attached hydrogens (tertiary/aromatic N) is 2. The zero-order valence-corrected chi connectivity index (χ0v) is 29.5. The van der Waals surface area contributed by atoms with Gasteiger partial charge in [0.1, 0.15) is 5.58 Å². The quantitative estimate of drug-likeness (QED) is 0.132. The van der Waals surface area contributed by atoms with E-state index in [1.807, 2.05) is 42.6 Å². The zero-order chi connectivity index (χ0) is 31.9. The number of aryl methyl sites for hydroxylation is 1. The van der Waals surface area contributed by atoms with Gasteiger partial charge in [0.25, 0.3) is 0 Å². The van der Waals surface area contributed by atoms with Crippen molar-refractivity contribution < 1.29 is 28.6 Å². The van der Waals surface area contributed by atoms with Gasteiger partial charge in [-0.25, -0.2) is 0 Å². The van der Waals surface area contributed by atoms with Gasteiger partial charge in [-0.15, -0.1) is 18.2 Å². The fourth-order valence-corrected chi connectivity index (χ4v) is 7.72. The average Bonchev–Trinajstić information content (AvgIpc) is 3.60. The largest absolute Gasteiger partial charge is 0 e. The second-order valence-electron chi connectivity index (χ2n) is 12.1. The van der Waals surface area contributed by atoms with Gasteiger partial charge >= 0.3 is 110 Å². The van der Waals surface area contributed by atoms with Crippen LogP contribution in [0.3, 0.4) is 0 Å². The van der Waals surface area contributed by atoms with Gasteiger partial charge in [-0.1, -0.05) is 61.2 Å². The number of benzene rings is 4. The number of hydrogen-bond donors (Lipinski definition) is 0. The third-order valence-corrected chi connectivity index (χ3v) is 12.0. The summed E-state index contributed by atoms with van der Waals surface area (Å²) in [5, 5.41) is 2.27. The maximum Gasteiger partial charge on any atom is 0 e. The summed E-state index contributed by atoms with van der Waals surface area (Å²) in [6.45, 7) is 2.42. The summed E-state index contributed by atoms with van der Waals surface area (Å²) in [6, 6.07) is 36.1. The molecule has 7 rings (SSSR count). The summed E-state index contributed by atoms with van der Waals surface area (Å²) >= 11 is -1.83. The topological polar surface area (TPSA) is 38.4 Å². The molecule has 0 saturated carbocycles. The molecule has 0 amide bonds. The van der Waals surface area contributed by atoms with E-state index in [1.54, 1.807) is 12.1 Å². The van der Waals surface area contributed by atoms with Crippen LogP contribution in [0.2, 0.25) is 17.3 Å². The molecule has 3 nitrogen and oxygen atoms in total. The van der Waals surface area contributed by atoms with E-state index < -0.39 is 20.1 Å². The van der Waals surface area contributed by atoms with E-state index in [-0.39, 0.29) is 26.0 Å². The number of rotatable bonds is 4. The predicted octanol–water partition coefficient (Wildman–Crippen LogP) is 9.66. The second kappa shape index (κ2) is 12.7. The van der Waals surface area contributed by atoms with Crippen molar-refractivity contribution in [1.29, 1.82) is 0 Å². The number of fused-ring (bicyclic) bond motifs is 4. The Bertz CT molecular complexity index is 1950. The number of aliphatic imine (C=N–C) groups is 1. The van der Waals surface area contributed by atoms with Crippen molar-refractivity contribution in [2.24, 2.45) is 10.9 Å². The van der Waals surface area contributed by atoms with E-state index in [9.17, 15) is 0 Å². The average molecular weight is 805 g/mol. The molecule has 3 heterocycles. The molecule has 6 aromatic rings. The van der Waals surface area contributed by atoms with Crippen molar-refractivity contribution in [3.63, 3.8) is 0 Å². The summed E-state index contributed by atoms with van der Waals surface area (Å²) in [5.41, 5.74) is 8.19. The normalized spacial score (nSPS) is 15.5. The van der Waals surface area contributed by atoms with E-state index in [4.69, 9.17) is 13.5 Å². The molecule has 1 aliphatic rings. The Morgan fingerprint density at radius 3 is 2.37 bits per heavy atom. The predicted molar refractivity (Wildman–Crippen MR) is 179 cm³/mol. The molecule has 1 aliphatic heterocycles. The smallest absolute Gasteiger partial charge is 0 e. The molecular formula is C38H36GeIrN2O-2. The van der Waals surface area contributed by atoms with E-state index in [1.165, 1.54) is 16.0 Å². The first kappa shape index (κ1) is 27.3. The summed E-state index contributed by atoms with van der Waals surface area (Å²) in [5.74, 6) is 7.71. The van der Waals surface area contributed by atoms with Crippen LogP contribution in [-0.4, -0.2) is 24.0 Å². The van der Waals surface area contributed by atoms with Crippen LogP contribution in [0, 0.1) is 24.9 Å². The Balaban J connectivity index is 0.000000182. The van der Waals surface area contributed by atoms with Crippen LogP contribution < -0.4 is 4.40 Å². The molecule has 0 fully saturated rings. The van der Waals surface area contributed by atoms with Crippen molar-refractivity contribution in [3.05, 3.63) is 126 Å². The second-order valence-corrected chi connectivity index (χ2v) is 22.8. The van der Waals surface area contributed by atoms with Crippen LogP contribution >= 0.6 is 0 Å². The van der Waals surface area contributed by atoms with E-state index in [0.717, 1.165) is 50.2 Å². The minimum atomic E-state index is -2.08. The van der Waals surface area contributed by atoms with Crippen LogP contribution in [-0.2, 0) is 20.1 Å². The zero-order valence-electron chi connectivity index (χ0n) is 28.0. The Morgan fingerprint density at radius 2 is 1.67 bits per heavy atom. The van der Waals surface area contributed by atoms with Gasteiger partial charge < -0.3 is 9.41 Å². The first-order chi connectivity index (χ1) is 21.4. The number of aromatic nitrogens is 1. The number of furan rings is 1. The van der Waals surface area contributed by atoms with Gasteiger partial charge in [-0.3, -0.25) is 0 Å².